The van der Waals surface area contributed by atoms with Gasteiger partial charge in [0.2, 0.25) is 5.75 Å². The molecule has 0 bridgehead atoms. The van der Waals surface area contributed by atoms with Crippen LogP contribution in [-0.2, 0) is 16.1 Å². The SMILES string of the molecule is CCOC(=O)[C@@H]1CCC[NH+](Cc2cc(OC)c(OC)c(OC)c2)C1. The number of piperidine rings is 1. The van der Waals surface area contributed by atoms with Crippen LogP contribution in [0.4, 0.5) is 0 Å². The zero-order valence-electron chi connectivity index (χ0n) is 15.0. The Kier molecular flexibility index (Phi) is 6.73. The fraction of sp³-hybridized carbons (Fsp3) is 0.611. The fourth-order valence-electron chi connectivity index (χ4n) is 3.30. The van der Waals surface area contributed by atoms with Gasteiger partial charge in [0, 0.05) is 5.56 Å². The Morgan fingerprint density at radius 3 is 2.38 bits per heavy atom. The van der Waals surface area contributed by atoms with E-state index < -0.39 is 0 Å². The molecule has 0 aromatic heterocycles. The highest BCUT2D eigenvalue weighted by Gasteiger charge is 2.30. The fourth-order valence-corrected chi connectivity index (χ4v) is 3.30. The van der Waals surface area contributed by atoms with Crippen molar-refractivity contribution in [2.75, 3.05) is 41.0 Å². The topological polar surface area (TPSA) is 58.4 Å². The van der Waals surface area contributed by atoms with Crippen LogP contribution in [0.5, 0.6) is 17.2 Å². The van der Waals surface area contributed by atoms with Crippen molar-refractivity contribution in [1.29, 1.82) is 0 Å². The molecule has 0 radical (unpaired) electrons. The van der Waals surface area contributed by atoms with Crippen molar-refractivity contribution in [1.82, 2.24) is 0 Å². The third-order valence-corrected chi connectivity index (χ3v) is 4.42. The number of nitrogens with one attached hydrogen (secondary N) is 1. The van der Waals surface area contributed by atoms with E-state index >= 15 is 0 Å². The smallest absolute Gasteiger partial charge is 0.314 e. The predicted molar refractivity (Wildman–Crippen MR) is 89.9 cm³/mol. The minimum Gasteiger partial charge on any atom is -0.493 e. The van der Waals surface area contributed by atoms with E-state index in [0.717, 1.165) is 38.0 Å². The van der Waals surface area contributed by atoms with Gasteiger partial charge in [-0.25, -0.2) is 0 Å². The van der Waals surface area contributed by atoms with Crippen molar-refractivity contribution >= 4 is 5.97 Å². The number of methoxy groups -OCH3 is 3. The van der Waals surface area contributed by atoms with Crippen molar-refractivity contribution < 1.29 is 28.6 Å². The molecule has 134 valence electrons. The van der Waals surface area contributed by atoms with Gasteiger partial charge in [0.1, 0.15) is 12.5 Å². The summed E-state index contributed by atoms with van der Waals surface area (Å²) in [7, 11) is 4.83. The summed E-state index contributed by atoms with van der Waals surface area (Å²) in [5.41, 5.74) is 1.10. The largest absolute Gasteiger partial charge is 0.493 e. The molecule has 24 heavy (non-hydrogen) atoms. The van der Waals surface area contributed by atoms with E-state index in [1.165, 1.54) is 4.90 Å². The molecular weight excluding hydrogens is 310 g/mol. The lowest BCUT2D eigenvalue weighted by Crippen LogP contribution is -3.12. The van der Waals surface area contributed by atoms with Crippen LogP contribution in [0.25, 0.3) is 0 Å². The quantitative estimate of drug-likeness (QED) is 0.754. The molecule has 0 aliphatic carbocycles. The maximum atomic E-state index is 12.0. The van der Waals surface area contributed by atoms with Crippen LogP contribution in [0.3, 0.4) is 0 Å². The summed E-state index contributed by atoms with van der Waals surface area (Å²) in [6.07, 6.45) is 1.95. The van der Waals surface area contributed by atoms with E-state index in [9.17, 15) is 4.79 Å². The highest BCUT2D eigenvalue weighted by atomic mass is 16.5. The number of carbonyl (C=O) groups is 1. The summed E-state index contributed by atoms with van der Waals surface area (Å²) in [6, 6.07) is 3.95. The molecule has 1 aromatic rings. The highest BCUT2D eigenvalue weighted by molar-refractivity contribution is 5.72. The maximum absolute atomic E-state index is 12.0. The third-order valence-electron chi connectivity index (χ3n) is 4.42. The van der Waals surface area contributed by atoms with E-state index in [2.05, 4.69) is 0 Å². The Hall–Kier alpha value is -1.95. The molecule has 2 rings (SSSR count). The van der Waals surface area contributed by atoms with E-state index in [-0.39, 0.29) is 11.9 Å². The van der Waals surface area contributed by atoms with Gasteiger partial charge in [0.15, 0.2) is 11.5 Å². The number of rotatable bonds is 7. The number of ether oxygens (including phenoxy) is 4. The second kappa shape index (κ2) is 8.78. The maximum Gasteiger partial charge on any atom is 0.314 e. The van der Waals surface area contributed by atoms with Crippen LogP contribution in [0.2, 0.25) is 0 Å². The standard InChI is InChI=1S/C18H27NO5/c1-5-24-18(20)14-7-6-8-19(12-14)11-13-9-15(21-2)17(23-4)16(10-13)22-3/h9-10,14H,5-8,11-12H2,1-4H3/p+1/t14-/m1/s1. The van der Waals surface area contributed by atoms with E-state index in [0.29, 0.717) is 23.9 Å². The van der Waals surface area contributed by atoms with Gasteiger partial charge < -0.3 is 23.8 Å². The van der Waals surface area contributed by atoms with Crippen molar-refractivity contribution in [2.45, 2.75) is 26.3 Å². The molecule has 1 aliphatic heterocycles. The minimum absolute atomic E-state index is 0.00394. The molecule has 0 saturated carbocycles. The molecule has 1 unspecified atom stereocenters. The number of likely N-dealkylation sites (tertiary alicyclic amines) is 1. The van der Waals surface area contributed by atoms with Gasteiger partial charge in [-0.1, -0.05) is 0 Å². The van der Waals surface area contributed by atoms with Gasteiger partial charge in [0.05, 0.1) is 41.0 Å². The summed E-state index contributed by atoms with van der Waals surface area (Å²) in [5.74, 6) is 1.84. The molecule has 6 heteroatoms. The lowest BCUT2D eigenvalue weighted by atomic mass is 9.97. The van der Waals surface area contributed by atoms with E-state index in [1.807, 2.05) is 19.1 Å². The number of hydrogen-bond acceptors (Lipinski definition) is 5. The predicted octanol–water partition coefficient (Wildman–Crippen LogP) is 1.07. The second-order valence-electron chi connectivity index (χ2n) is 6.01. The van der Waals surface area contributed by atoms with Gasteiger partial charge in [0.25, 0.3) is 0 Å². The average molecular weight is 338 g/mol. The third kappa shape index (κ3) is 4.32. The normalized spacial score (nSPS) is 20.3. The van der Waals surface area contributed by atoms with Crippen LogP contribution in [0.1, 0.15) is 25.3 Å². The van der Waals surface area contributed by atoms with Crippen LogP contribution < -0.4 is 19.1 Å². The minimum atomic E-state index is -0.0698. The number of hydrogen-bond donors (Lipinski definition) is 1. The van der Waals surface area contributed by atoms with Gasteiger partial charge in [-0.2, -0.15) is 0 Å². The molecule has 1 fully saturated rings. The first-order valence-corrected chi connectivity index (χ1v) is 8.42. The lowest BCUT2D eigenvalue weighted by Gasteiger charge is -2.29. The number of benzene rings is 1. The number of esters is 1. The molecule has 1 heterocycles. The van der Waals surface area contributed by atoms with Gasteiger partial charge in [-0.05, 0) is 31.9 Å². The monoisotopic (exact) mass is 338 g/mol. The van der Waals surface area contributed by atoms with E-state index in [1.54, 1.807) is 21.3 Å². The van der Waals surface area contributed by atoms with E-state index in [4.69, 9.17) is 18.9 Å². The first-order chi connectivity index (χ1) is 11.6. The molecule has 1 aliphatic rings. The molecule has 6 nitrogen and oxygen atoms in total. The Balaban J connectivity index is 2.11. The molecule has 1 aromatic carbocycles. The summed E-state index contributed by atoms with van der Waals surface area (Å²) >= 11 is 0. The number of quaternary nitrogens is 1. The summed E-state index contributed by atoms with van der Waals surface area (Å²) in [4.78, 5) is 13.4. The Labute approximate surface area is 143 Å². The highest BCUT2D eigenvalue weighted by Crippen LogP contribution is 2.38. The molecule has 0 amide bonds. The van der Waals surface area contributed by atoms with Crippen molar-refractivity contribution in [3.05, 3.63) is 17.7 Å². The summed E-state index contributed by atoms with van der Waals surface area (Å²) < 4.78 is 21.4. The van der Waals surface area contributed by atoms with Gasteiger partial charge in [-0.3, -0.25) is 4.79 Å². The zero-order chi connectivity index (χ0) is 17.5. The van der Waals surface area contributed by atoms with Crippen molar-refractivity contribution in [3.8, 4) is 17.2 Å². The van der Waals surface area contributed by atoms with Crippen LogP contribution in [0.15, 0.2) is 12.1 Å². The lowest BCUT2D eigenvalue weighted by molar-refractivity contribution is -0.921. The molecule has 0 spiro atoms. The Bertz CT molecular complexity index is 535. The first kappa shape index (κ1) is 18.4. The van der Waals surface area contributed by atoms with Crippen LogP contribution >= 0.6 is 0 Å². The van der Waals surface area contributed by atoms with Crippen molar-refractivity contribution in [2.24, 2.45) is 5.92 Å². The zero-order valence-corrected chi connectivity index (χ0v) is 15.0. The van der Waals surface area contributed by atoms with Crippen LogP contribution in [-0.4, -0.2) is 47.0 Å². The Morgan fingerprint density at radius 2 is 1.83 bits per heavy atom. The first-order valence-electron chi connectivity index (χ1n) is 8.42. The van der Waals surface area contributed by atoms with Crippen molar-refractivity contribution in [3.63, 3.8) is 0 Å². The Morgan fingerprint density at radius 1 is 1.17 bits per heavy atom. The molecule has 2 atom stereocenters. The number of carbonyl (C=O) groups excluding carboxylic acids is 1. The molecule has 1 saturated heterocycles. The van der Waals surface area contributed by atoms with Gasteiger partial charge >= 0.3 is 5.97 Å². The average Bonchev–Trinajstić information content (AvgIpc) is 2.61. The second-order valence-corrected chi connectivity index (χ2v) is 6.01. The van der Waals surface area contributed by atoms with Gasteiger partial charge in [-0.15, -0.1) is 0 Å². The summed E-state index contributed by atoms with van der Waals surface area (Å²) in [6.45, 7) is 4.95. The van der Waals surface area contributed by atoms with Crippen LogP contribution in [0, 0.1) is 5.92 Å². The molecule has 1 N–H and O–H groups in total. The summed E-state index contributed by atoms with van der Waals surface area (Å²) in [5, 5.41) is 0. The molecular formula is C18H28NO5+.